The molecule has 0 aliphatic heterocycles. The van der Waals surface area contributed by atoms with Gasteiger partial charge in [0.05, 0.1) is 0 Å². The van der Waals surface area contributed by atoms with E-state index in [0.29, 0.717) is 5.25 Å². The van der Waals surface area contributed by atoms with Gasteiger partial charge in [-0.05, 0) is 63.7 Å². The minimum absolute atomic E-state index is 0.283. The van der Waals surface area contributed by atoms with Crippen LogP contribution in [0, 0.1) is 17.8 Å². The summed E-state index contributed by atoms with van der Waals surface area (Å²) in [7, 11) is 12.9. The van der Waals surface area contributed by atoms with Gasteiger partial charge in [-0.3, -0.25) is 0 Å². The lowest BCUT2D eigenvalue weighted by atomic mass is 10.1. The van der Waals surface area contributed by atoms with E-state index in [1.807, 2.05) is 0 Å². The topological polar surface area (TPSA) is 0 Å². The molecule has 3 atom stereocenters. The molecule has 0 saturated carbocycles. The average molecular weight is 703 g/mol. The lowest BCUT2D eigenvalue weighted by molar-refractivity contribution is 0.548. The molecule has 42 heavy (non-hydrogen) atoms. The summed E-state index contributed by atoms with van der Waals surface area (Å²) in [5.74, 6) is 7.81. The summed E-state index contributed by atoms with van der Waals surface area (Å²) >= 11 is 0. The van der Waals surface area contributed by atoms with Crippen LogP contribution in [0.15, 0.2) is 0 Å². The molecule has 0 bridgehead atoms. The first kappa shape index (κ1) is 44.1. The molecule has 0 N–H and O–H groups in total. The normalized spacial score (nSPS) is 16.8. The van der Waals surface area contributed by atoms with Crippen LogP contribution >= 0.6 is 57.4 Å². The van der Waals surface area contributed by atoms with Crippen LogP contribution in [0.25, 0.3) is 0 Å². The van der Waals surface area contributed by atoms with Crippen molar-refractivity contribution < 1.29 is 0 Å². The highest BCUT2D eigenvalue weighted by Crippen LogP contribution is 3.23. The van der Waals surface area contributed by atoms with Crippen LogP contribution in [0.5, 0.6) is 0 Å². The monoisotopic (exact) mass is 702 g/mol. The first-order valence-electron chi connectivity index (χ1n) is 18.2. The highest BCUT2D eigenvalue weighted by atomic mass is 34.4. The molecule has 0 aromatic carbocycles. The van der Waals surface area contributed by atoms with Gasteiger partial charge in [-0.25, -0.2) is 0 Å². The van der Waals surface area contributed by atoms with Crippen LogP contribution in [0.1, 0.15) is 179 Å². The molecule has 0 saturated heterocycles. The van der Waals surface area contributed by atoms with Gasteiger partial charge in [-0.2, -0.15) is 0 Å². The predicted octanol–water partition coefficient (Wildman–Crippen LogP) is 16.1. The molecule has 258 valence electrons. The van der Waals surface area contributed by atoms with Crippen LogP contribution < -0.4 is 0 Å². The minimum atomic E-state index is -2.91. The molecule has 0 aromatic rings. The third-order valence-electron chi connectivity index (χ3n) is 8.40. The van der Waals surface area contributed by atoms with Gasteiger partial charge in [0, 0.05) is 33.0 Å². The van der Waals surface area contributed by atoms with Crippen LogP contribution in [0.4, 0.5) is 0 Å². The van der Waals surface area contributed by atoms with Crippen LogP contribution in [0.2, 0.25) is 0 Å². The summed E-state index contributed by atoms with van der Waals surface area (Å²) in [5.41, 5.74) is 0. The molecular weight excluding hydrogens is 625 g/mol. The van der Waals surface area contributed by atoms with Crippen molar-refractivity contribution in [3.63, 3.8) is 0 Å². The Morgan fingerprint density at radius 3 is 1.79 bits per heavy atom. The number of rotatable bonds is 29. The minimum Gasteiger partial charge on any atom is -0.0941 e. The Bertz CT molecular complexity index is 684. The highest BCUT2D eigenvalue weighted by Gasteiger charge is 2.65. The predicted molar refractivity (Wildman–Crippen MR) is 219 cm³/mol. The lowest BCUT2D eigenvalue weighted by Crippen LogP contribution is -2.32. The van der Waals surface area contributed by atoms with E-state index in [-0.39, 0.29) is 4.75 Å². The van der Waals surface area contributed by atoms with Crippen LogP contribution in [-0.2, 0) is 0 Å². The average Bonchev–Trinajstić information content (AvgIpc) is 2.92. The van der Waals surface area contributed by atoms with Crippen LogP contribution in [-0.4, -0.2) is 33.0 Å². The molecule has 0 amide bonds. The molecule has 3 unspecified atom stereocenters. The fourth-order valence-electron chi connectivity index (χ4n) is 5.67. The second-order valence-electron chi connectivity index (χ2n) is 14.3. The Morgan fingerprint density at radius 2 is 1.24 bits per heavy atom. The zero-order valence-electron chi connectivity index (χ0n) is 30.7. The summed E-state index contributed by atoms with van der Waals surface area (Å²) in [6.45, 7) is 29.8. The van der Waals surface area contributed by atoms with Gasteiger partial charge in [0.1, 0.15) is 0 Å². The van der Waals surface area contributed by atoms with Gasteiger partial charge in [0.25, 0.3) is 0 Å². The quantitative estimate of drug-likeness (QED) is 0.0560. The van der Waals surface area contributed by atoms with E-state index in [1.54, 1.807) is 0 Å². The van der Waals surface area contributed by atoms with Gasteiger partial charge in [0.2, 0.25) is 0 Å². The van der Waals surface area contributed by atoms with E-state index in [1.165, 1.54) is 119 Å². The highest BCUT2D eigenvalue weighted by molar-refractivity contribution is 9.97. The van der Waals surface area contributed by atoms with Gasteiger partial charge in [0.15, 0.2) is 0 Å². The first-order chi connectivity index (χ1) is 19.7. The van der Waals surface area contributed by atoms with Gasteiger partial charge in [-0.1, -0.05) is 191 Å². The molecule has 0 radical (unpaired) electrons. The summed E-state index contributed by atoms with van der Waals surface area (Å²) in [4.78, 5) is 0. The van der Waals surface area contributed by atoms with Crippen molar-refractivity contribution in [1.82, 2.24) is 0 Å². The van der Waals surface area contributed by atoms with E-state index in [4.69, 9.17) is 0 Å². The summed E-state index contributed by atoms with van der Waals surface area (Å²) in [5, 5.41) is 0.711. The molecule has 0 heterocycles. The molecule has 0 aromatic heterocycles. The standard InChI is InChI=1S/C36H78S6/c1-13-18-20-21-28-37-42(30-26-33(8)17-5,38-29-22-24-32(6)7,39-31-34(9)23-15-3,40-35(10)25-19-14-2)41-36(11,12)27-16-4/h32-35H,13-31H2,1-12H3. The smallest absolute Gasteiger partial charge is 0.0207 e. The number of hydrogen-bond acceptors (Lipinski definition) is 5. The molecule has 0 aliphatic carbocycles. The van der Waals surface area contributed by atoms with E-state index < -0.39 is 3.45 Å². The maximum absolute atomic E-state index is 2.91. The second kappa shape index (κ2) is 21.9. The Kier molecular flexibility index (Phi) is 23.0. The third-order valence-corrected chi connectivity index (χ3v) is 44.2. The van der Waals surface area contributed by atoms with Gasteiger partial charge in [-0.15, -0.1) is 0 Å². The van der Waals surface area contributed by atoms with Crippen molar-refractivity contribution in [2.24, 2.45) is 17.8 Å². The molecular formula is C36H78S6. The van der Waals surface area contributed by atoms with Crippen molar-refractivity contribution in [3.8, 4) is 0 Å². The fourth-order valence-corrected chi connectivity index (χ4v) is 50.9. The maximum atomic E-state index is 2.63. The molecule has 0 aliphatic rings. The largest absolute Gasteiger partial charge is 0.0941 e. The zero-order chi connectivity index (χ0) is 32.2. The van der Waals surface area contributed by atoms with E-state index in [9.17, 15) is 0 Å². The Morgan fingerprint density at radius 1 is 0.595 bits per heavy atom. The van der Waals surface area contributed by atoms with Crippen molar-refractivity contribution in [3.05, 3.63) is 0 Å². The zero-order valence-corrected chi connectivity index (χ0v) is 35.6. The second-order valence-corrected chi connectivity index (χ2v) is 44.5. The Hall–Kier alpha value is 2.10. The third kappa shape index (κ3) is 16.3. The van der Waals surface area contributed by atoms with E-state index in [2.05, 4.69) is 137 Å². The van der Waals surface area contributed by atoms with E-state index in [0.717, 1.165) is 17.8 Å². The molecule has 0 spiro atoms. The number of hydrogen-bond donors (Lipinski definition) is 0. The SMILES string of the molecule is CCCCCCSS(CCC(C)CC)(SCCCC(C)C)(SCC(C)CCC)(SC(C)CCCC)SC(C)(C)CCC. The van der Waals surface area contributed by atoms with Crippen LogP contribution in [0.3, 0.4) is 0 Å². The Labute approximate surface area is 285 Å². The first-order valence-corrected chi connectivity index (χ1v) is 28.0. The summed E-state index contributed by atoms with van der Waals surface area (Å²) < 4.78 is -2.62. The molecule has 6 heteroatoms. The summed E-state index contributed by atoms with van der Waals surface area (Å²) in [6, 6.07) is 0. The Balaban J connectivity index is 7.44. The molecule has 0 fully saturated rings. The van der Waals surface area contributed by atoms with Crippen molar-refractivity contribution >= 4 is 57.4 Å². The van der Waals surface area contributed by atoms with Crippen molar-refractivity contribution in [1.29, 1.82) is 0 Å². The maximum Gasteiger partial charge on any atom is 0.0207 e. The molecule has 0 rings (SSSR count). The van der Waals surface area contributed by atoms with Crippen molar-refractivity contribution in [2.45, 2.75) is 189 Å². The molecule has 0 nitrogen and oxygen atoms in total. The van der Waals surface area contributed by atoms with E-state index >= 15 is 0 Å². The number of unbranched alkanes of at least 4 members (excludes halogenated alkanes) is 4. The van der Waals surface area contributed by atoms with Gasteiger partial charge >= 0.3 is 0 Å². The van der Waals surface area contributed by atoms with Crippen molar-refractivity contribution in [2.75, 3.05) is 23.0 Å². The lowest BCUT2D eigenvalue weighted by Gasteiger charge is -2.78. The van der Waals surface area contributed by atoms with Gasteiger partial charge < -0.3 is 0 Å². The fraction of sp³-hybridized carbons (Fsp3) is 1.00. The summed E-state index contributed by atoms with van der Waals surface area (Å²) in [6.07, 6.45) is 20.3.